The summed E-state index contributed by atoms with van der Waals surface area (Å²) in [4.78, 5) is 0. The molecule has 0 saturated carbocycles. The van der Waals surface area contributed by atoms with Gasteiger partial charge in [-0.1, -0.05) is 54.9 Å². The van der Waals surface area contributed by atoms with Crippen molar-refractivity contribution in [2.24, 2.45) is 0 Å². The van der Waals surface area contributed by atoms with E-state index in [1.807, 2.05) is 24.3 Å². The van der Waals surface area contributed by atoms with Crippen LogP contribution < -0.4 is 4.74 Å². The van der Waals surface area contributed by atoms with E-state index in [-0.39, 0.29) is 5.41 Å². The van der Waals surface area contributed by atoms with Crippen molar-refractivity contribution in [2.75, 3.05) is 0 Å². The number of benzene rings is 2. The van der Waals surface area contributed by atoms with Gasteiger partial charge in [-0.15, -0.1) is 0 Å². The van der Waals surface area contributed by atoms with Crippen molar-refractivity contribution >= 4 is 15.9 Å². The van der Waals surface area contributed by atoms with Crippen LogP contribution in [-0.4, -0.2) is 0 Å². The van der Waals surface area contributed by atoms with Crippen molar-refractivity contribution < 1.29 is 4.74 Å². The maximum atomic E-state index is 9.01. The Hall–Kier alpha value is -1.79. The third-order valence-corrected chi connectivity index (χ3v) is 3.38. The van der Waals surface area contributed by atoms with Crippen molar-refractivity contribution in [3.05, 3.63) is 58.1 Å². The second-order valence-corrected chi connectivity index (χ2v) is 6.55. The van der Waals surface area contributed by atoms with E-state index in [1.165, 1.54) is 0 Å². The molecular formula is C17H16BrNO. The minimum absolute atomic E-state index is 0.000659. The molecule has 2 aromatic carbocycles. The molecule has 0 spiro atoms. The molecule has 0 unspecified atom stereocenters. The molecular weight excluding hydrogens is 314 g/mol. The highest BCUT2D eigenvalue weighted by atomic mass is 79.9. The molecule has 102 valence electrons. The Kier molecular flexibility index (Phi) is 4.15. The second-order valence-electron chi connectivity index (χ2n) is 5.64. The molecule has 0 aliphatic heterocycles. The minimum Gasteiger partial charge on any atom is -0.457 e. The van der Waals surface area contributed by atoms with Crippen LogP contribution in [0.2, 0.25) is 0 Å². The fraction of sp³-hybridized carbons (Fsp3) is 0.235. The lowest BCUT2D eigenvalue weighted by atomic mass is 9.86. The number of halogens is 1. The summed E-state index contributed by atoms with van der Waals surface area (Å²) in [6.07, 6.45) is 0. The van der Waals surface area contributed by atoms with E-state index >= 15 is 0 Å². The van der Waals surface area contributed by atoms with Gasteiger partial charge in [0.25, 0.3) is 0 Å². The van der Waals surface area contributed by atoms with Gasteiger partial charge in [0.1, 0.15) is 11.5 Å². The quantitative estimate of drug-likeness (QED) is 0.737. The van der Waals surface area contributed by atoms with Crippen molar-refractivity contribution in [3.63, 3.8) is 0 Å². The monoisotopic (exact) mass is 329 g/mol. The van der Waals surface area contributed by atoms with Gasteiger partial charge in [-0.3, -0.25) is 0 Å². The van der Waals surface area contributed by atoms with Gasteiger partial charge in [0.2, 0.25) is 0 Å². The van der Waals surface area contributed by atoms with E-state index in [0.717, 1.165) is 15.8 Å². The first-order valence-electron chi connectivity index (χ1n) is 6.38. The molecule has 2 aromatic rings. The number of hydrogen-bond donors (Lipinski definition) is 0. The number of hydrogen-bond acceptors (Lipinski definition) is 2. The lowest BCUT2D eigenvalue weighted by molar-refractivity contribution is 0.455. The molecule has 0 saturated heterocycles. The average molecular weight is 330 g/mol. The van der Waals surface area contributed by atoms with Gasteiger partial charge < -0.3 is 4.74 Å². The lowest BCUT2D eigenvalue weighted by Crippen LogP contribution is -2.12. The number of nitrogens with zero attached hydrogens (tertiary/aromatic N) is 1. The highest BCUT2D eigenvalue weighted by molar-refractivity contribution is 9.10. The molecule has 0 atom stereocenters. The van der Waals surface area contributed by atoms with E-state index in [1.54, 1.807) is 12.1 Å². The van der Waals surface area contributed by atoms with Crippen LogP contribution in [0.3, 0.4) is 0 Å². The minimum atomic E-state index is 0.000659. The normalized spacial score (nSPS) is 10.9. The zero-order chi connectivity index (χ0) is 14.8. The molecule has 0 amide bonds. The third-order valence-electron chi connectivity index (χ3n) is 2.92. The summed E-state index contributed by atoms with van der Waals surface area (Å²) >= 11 is 3.39. The predicted molar refractivity (Wildman–Crippen MR) is 84.1 cm³/mol. The molecule has 0 radical (unpaired) electrons. The van der Waals surface area contributed by atoms with Gasteiger partial charge in [0.15, 0.2) is 0 Å². The molecule has 3 heteroatoms. The molecule has 0 aliphatic carbocycles. The van der Waals surface area contributed by atoms with Gasteiger partial charge in [0.05, 0.1) is 11.6 Å². The van der Waals surface area contributed by atoms with Crippen LogP contribution in [-0.2, 0) is 5.41 Å². The van der Waals surface area contributed by atoms with Gasteiger partial charge in [-0.05, 0) is 29.7 Å². The summed E-state index contributed by atoms with van der Waals surface area (Å²) in [5.74, 6) is 1.48. The van der Waals surface area contributed by atoms with Gasteiger partial charge in [-0.2, -0.15) is 5.26 Å². The largest absolute Gasteiger partial charge is 0.457 e. The fourth-order valence-corrected chi connectivity index (χ4v) is 2.46. The molecule has 0 heterocycles. The van der Waals surface area contributed by atoms with Crippen LogP contribution in [0.4, 0.5) is 0 Å². The lowest BCUT2D eigenvalue weighted by Gasteiger charge is -2.22. The van der Waals surface area contributed by atoms with Gasteiger partial charge in [-0.25, -0.2) is 0 Å². The maximum absolute atomic E-state index is 9.01. The summed E-state index contributed by atoms with van der Waals surface area (Å²) in [5.41, 5.74) is 1.71. The Morgan fingerprint density at radius 2 is 1.80 bits per heavy atom. The Bertz CT molecular complexity index is 665. The zero-order valence-corrected chi connectivity index (χ0v) is 13.4. The van der Waals surface area contributed by atoms with E-state index in [9.17, 15) is 0 Å². The first-order chi connectivity index (χ1) is 9.40. The molecule has 0 N–H and O–H groups in total. The Balaban J connectivity index is 2.41. The summed E-state index contributed by atoms with van der Waals surface area (Å²) in [6.45, 7) is 6.45. The van der Waals surface area contributed by atoms with Gasteiger partial charge in [0, 0.05) is 10.0 Å². The number of nitriles is 1. The molecule has 2 rings (SSSR count). The Labute approximate surface area is 128 Å². The number of para-hydroxylation sites is 1. The van der Waals surface area contributed by atoms with Crippen LogP contribution in [0.5, 0.6) is 11.5 Å². The molecule has 20 heavy (non-hydrogen) atoms. The van der Waals surface area contributed by atoms with E-state index in [0.29, 0.717) is 11.3 Å². The van der Waals surface area contributed by atoms with Crippen LogP contribution in [0.25, 0.3) is 0 Å². The van der Waals surface area contributed by atoms with Crippen LogP contribution in [0, 0.1) is 11.3 Å². The first-order valence-corrected chi connectivity index (χ1v) is 7.17. The summed E-state index contributed by atoms with van der Waals surface area (Å²) in [7, 11) is 0. The predicted octanol–water partition coefficient (Wildman–Crippen LogP) is 5.41. The molecule has 2 nitrogen and oxygen atoms in total. The number of rotatable bonds is 2. The van der Waals surface area contributed by atoms with E-state index in [2.05, 4.69) is 48.8 Å². The van der Waals surface area contributed by atoms with Crippen LogP contribution >= 0.6 is 15.9 Å². The van der Waals surface area contributed by atoms with E-state index < -0.39 is 0 Å². The van der Waals surface area contributed by atoms with Gasteiger partial charge >= 0.3 is 0 Å². The molecule has 0 aromatic heterocycles. The van der Waals surface area contributed by atoms with Crippen molar-refractivity contribution in [1.29, 1.82) is 5.26 Å². The highest BCUT2D eigenvalue weighted by Crippen LogP contribution is 2.34. The fourth-order valence-electron chi connectivity index (χ4n) is 1.99. The summed E-state index contributed by atoms with van der Waals surface area (Å²) in [5, 5.41) is 9.01. The average Bonchev–Trinajstić information content (AvgIpc) is 2.37. The second kappa shape index (κ2) is 5.68. The van der Waals surface area contributed by atoms with Crippen molar-refractivity contribution in [3.8, 4) is 17.6 Å². The summed E-state index contributed by atoms with van der Waals surface area (Å²) in [6, 6.07) is 15.5. The maximum Gasteiger partial charge on any atom is 0.131 e. The Morgan fingerprint density at radius 3 is 2.45 bits per heavy atom. The van der Waals surface area contributed by atoms with Crippen LogP contribution in [0.1, 0.15) is 31.9 Å². The molecule has 0 aliphatic rings. The smallest absolute Gasteiger partial charge is 0.131 e. The summed E-state index contributed by atoms with van der Waals surface area (Å²) < 4.78 is 6.81. The Morgan fingerprint density at radius 1 is 1.10 bits per heavy atom. The van der Waals surface area contributed by atoms with E-state index in [4.69, 9.17) is 10.00 Å². The molecule has 0 fully saturated rings. The SMILES string of the molecule is CC(C)(C)c1ccccc1Oc1cc(Br)cc(C#N)c1. The standard InChI is InChI=1S/C17H16BrNO/c1-17(2,3)15-6-4-5-7-16(15)20-14-9-12(11-19)8-13(18)10-14/h4-10H,1-3H3. The topological polar surface area (TPSA) is 33.0 Å². The number of ether oxygens (including phenoxy) is 1. The van der Waals surface area contributed by atoms with Crippen molar-refractivity contribution in [2.45, 2.75) is 26.2 Å². The molecule has 0 bridgehead atoms. The highest BCUT2D eigenvalue weighted by Gasteiger charge is 2.18. The van der Waals surface area contributed by atoms with Crippen molar-refractivity contribution in [1.82, 2.24) is 0 Å². The zero-order valence-electron chi connectivity index (χ0n) is 11.8. The van der Waals surface area contributed by atoms with Crippen LogP contribution in [0.15, 0.2) is 46.9 Å². The first kappa shape index (κ1) is 14.6. The third kappa shape index (κ3) is 3.40.